The van der Waals surface area contributed by atoms with Crippen molar-refractivity contribution in [1.29, 1.82) is 0 Å². The van der Waals surface area contributed by atoms with Crippen LogP contribution in [-0.4, -0.2) is 20.9 Å². The minimum atomic E-state index is -0.778. The van der Waals surface area contributed by atoms with Gasteiger partial charge in [0.05, 0.1) is 12.1 Å². The van der Waals surface area contributed by atoms with Crippen LogP contribution in [0.25, 0.3) is 0 Å². The van der Waals surface area contributed by atoms with Gasteiger partial charge in [-0.2, -0.15) is 5.10 Å². The van der Waals surface area contributed by atoms with Crippen LogP contribution in [0.5, 0.6) is 0 Å². The Morgan fingerprint density at radius 1 is 1.71 bits per heavy atom. The van der Waals surface area contributed by atoms with E-state index in [0.717, 1.165) is 11.3 Å². The van der Waals surface area contributed by atoms with Crippen LogP contribution in [0, 0.1) is 0 Å². The lowest BCUT2D eigenvalue weighted by Gasteiger charge is -2.07. The summed E-state index contributed by atoms with van der Waals surface area (Å²) in [4.78, 5) is 10.9. The molecule has 0 spiro atoms. The predicted molar refractivity (Wildman–Crippen MR) is 51.2 cm³/mol. The number of carboxylic acid groups (broad SMARTS) is 1. The van der Waals surface area contributed by atoms with Gasteiger partial charge in [-0.1, -0.05) is 0 Å². The molecule has 1 fully saturated rings. The summed E-state index contributed by atoms with van der Waals surface area (Å²) in [5, 5.41) is 13.1. The summed E-state index contributed by atoms with van der Waals surface area (Å²) >= 11 is 0. The van der Waals surface area contributed by atoms with Crippen molar-refractivity contribution in [1.82, 2.24) is 9.78 Å². The second-order valence-electron chi connectivity index (χ2n) is 3.94. The van der Waals surface area contributed by atoms with E-state index in [4.69, 9.17) is 5.11 Å². The van der Waals surface area contributed by atoms with Crippen molar-refractivity contribution in [3.8, 4) is 0 Å². The normalized spacial score (nSPS) is 18.1. The van der Waals surface area contributed by atoms with Crippen molar-refractivity contribution in [3.63, 3.8) is 0 Å². The Bertz CT molecular complexity index is 366. The molecule has 1 aromatic heterocycles. The maximum atomic E-state index is 10.9. The molecule has 76 valence electrons. The molecule has 1 unspecified atom stereocenters. The molecule has 1 saturated carbocycles. The van der Waals surface area contributed by atoms with E-state index in [1.165, 1.54) is 12.8 Å². The number of aliphatic carboxylic acids is 1. The number of rotatable bonds is 3. The smallest absolute Gasteiger partial charge is 0.310 e. The SMILES string of the molecule is CC(C(=O)O)c1cnn(C)c1C1CC1. The van der Waals surface area contributed by atoms with Gasteiger partial charge >= 0.3 is 5.97 Å². The summed E-state index contributed by atoms with van der Waals surface area (Å²) in [6, 6.07) is 0. The van der Waals surface area contributed by atoms with Gasteiger partial charge in [0, 0.05) is 24.2 Å². The predicted octanol–water partition coefficient (Wildman–Crippen LogP) is 1.49. The monoisotopic (exact) mass is 194 g/mol. The van der Waals surface area contributed by atoms with Crippen LogP contribution in [0.2, 0.25) is 0 Å². The highest BCUT2D eigenvalue weighted by Gasteiger charge is 2.32. The first-order chi connectivity index (χ1) is 6.61. The van der Waals surface area contributed by atoms with Crippen LogP contribution in [0.4, 0.5) is 0 Å². The molecule has 1 aliphatic carbocycles. The van der Waals surface area contributed by atoms with E-state index in [1.54, 1.807) is 13.1 Å². The number of hydrogen-bond acceptors (Lipinski definition) is 2. The van der Waals surface area contributed by atoms with Gasteiger partial charge in [-0.05, 0) is 19.8 Å². The third-order valence-corrected chi connectivity index (χ3v) is 2.82. The number of carboxylic acids is 1. The number of carbonyl (C=O) groups is 1. The topological polar surface area (TPSA) is 55.1 Å². The van der Waals surface area contributed by atoms with Crippen LogP contribution in [0.3, 0.4) is 0 Å². The quantitative estimate of drug-likeness (QED) is 0.793. The maximum Gasteiger partial charge on any atom is 0.310 e. The third kappa shape index (κ3) is 1.41. The Kier molecular flexibility index (Phi) is 2.06. The van der Waals surface area contributed by atoms with E-state index >= 15 is 0 Å². The zero-order chi connectivity index (χ0) is 10.3. The second kappa shape index (κ2) is 3.12. The number of nitrogens with zero attached hydrogens (tertiary/aromatic N) is 2. The van der Waals surface area contributed by atoms with Crippen molar-refractivity contribution in [2.24, 2.45) is 7.05 Å². The van der Waals surface area contributed by atoms with Gasteiger partial charge in [0.25, 0.3) is 0 Å². The zero-order valence-corrected chi connectivity index (χ0v) is 8.40. The van der Waals surface area contributed by atoms with Gasteiger partial charge in [-0.25, -0.2) is 0 Å². The molecular formula is C10H14N2O2. The Labute approximate surface area is 82.5 Å². The minimum absolute atomic E-state index is 0.445. The van der Waals surface area contributed by atoms with Gasteiger partial charge in [-0.15, -0.1) is 0 Å². The molecule has 1 N–H and O–H groups in total. The molecule has 0 aromatic carbocycles. The summed E-state index contributed by atoms with van der Waals surface area (Å²) in [5.41, 5.74) is 1.99. The van der Waals surface area contributed by atoms with Crippen molar-refractivity contribution in [2.75, 3.05) is 0 Å². The molecule has 0 saturated heterocycles. The van der Waals surface area contributed by atoms with Crippen molar-refractivity contribution < 1.29 is 9.90 Å². The zero-order valence-electron chi connectivity index (χ0n) is 8.40. The number of aromatic nitrogens is 2. The molecule has 0 radical (unpaired) electrons. The largest absolute Gasteiger partial charge is 0.481 e. The molecule has 14 heavy (non-hydrogen) atoms. The third-order valence-electron chi connectivity index (χ3n) is 2.82. The lowest BCUT2D eigenvalue weighted by atomic mass is 10.00. The summed E-state index contributed by atoms with van der Waals surface area (Å²) < 4.78 is 1.81. The molecule has 1 aromatic rings. The maximum absolute atomic E-state index is 10.9. The van der Waals surface area contributed by atoms with Crippen LogP contribution >= 0.6 is 0 Å². The fourth-order valence-corrected chi connectivity index (χ4v) is 1.79. The average molecular weight is 194 g/mol. The van der Waals surface area contributed by atoms with E-state index in [2.05, 4.69) is 5.10 Å². The number of aryl methyl sites for hydroxylation is 1. The van der Waals surface area contributed by atoms with E-state index < -0.39 is 11.9 Å². The van der Waals surface area contributed by atoms with E-state index in [9.17, 15) is 4.79 Å². The lowest BCUT2D eigenvalue weighted by molar-refractivity contribution is -0.138. The summed E-state index contributed by atoms with van der Waals surface area (Å²) in [6.45, 7) is 1.71. The molecule has 4 heteroatoms. The number of hydrogen-bond donors (Lipinski definition) is 1. The first-order valence-corrected chi connectivity index (χ1v) is 4.86. The van der Waals surface area contributed by atoms with Gasteiger partial charge in [0.1, 0.15) is 0 Å². The van der Waals surface area contributed by atoms with Crippen LogP contribution < -0.4 is 0 Å². The summed E-state index contributed by atoms with van der Waals surface area (Å²) in [7, 11) is 1.88. The Hall–Kier alpha value is -1.32. The van der Waals surface area contributed by atoms with Crippen molar-refractivity contribution >= 4 is 5.97 Å². The standard InChI is InChI=1S/C10H14N2O2/c1-6(10(13)14)8-5-11-12(2)9(8)7-3-4-7/h5-7H,3-4H2,1-2H3,(H,13,14). The average Bonchev–Trinajstić information content (AvgIpc) is 2.89. The molecule has 1 atom stereocenters. The van der Waals surface area contributed by atoms with Gasteiger partial charge in [-0.3, -0.25) is 9.48 Å². The van der Waals surface area contributed by atoms with Crippen LogP contribution in [0.1, 0.15) is 42.9 Å². The van der Waals surface area contributed by atoms with Crippen molar-refractivity contribution in [2.45, 2.75) is 31.6 Å². The Morgan fingerprint density at radius 3 is 2.86 bits per heavy atom. The van der Waals surface area contributed by atoms with Crippen LogP contribution in [-0.2, 0) is 11.8 Å². The van der Waals surface area contributed by atoms with E-state index in [1.807, 2.05) is 11.7 Å². The van der Waals surface area contributed by atoms with Gasteiger partial charge in [0.2, 0.25) is 0 Å². The minimum Gasteiger partial charge on any atom is -0.481 e. The molecular weight excluding hydrogens is 180 g/mol. The van der Waals surface area contributed by atoms with E-state index in [-0.39, 0.29) is 0 Å². The van der Waals surface area contributed by atoms with Crippen molar-refractivity contribution in [3.05, 3.63) is 17.5 Å². The molecule has 4 nitrogen and oxygen atoms in total. The second-order valence-corrected chi connectivity index (χ2v) is 3.94. The summed E-state index contributed by atoms with van der Waals surface area (Å²) in [6.07, 6.45) is 4.02. The first-order valence-electron chi connectivity index (χ1n) is 4.86. The highest BCUT2D eigenvalue weighted by atomic mass is 16.4. The summed E-state index contributed by atoms with van der Waals surface area (Å²) in [5.74, 6) is -0.682. The molecule has 0 bridgehead atoms. The molecule has 0 aliphatic heterocycles. The van der Waals surface area contributed by atoms with Crippen LogP contribution in [0.15, 0.2) is 6.20 Å². The molecule has 1 heterocycles. The molecule has 0 amide bonds. The molecule has 2 rings (SSSR count). The van der Waals surface area contributed by atoms with Gasteiger partial charge < -0.3 is 5.11 Å². The highest BCUT2D eigenvalue weighted by Crippen LogP contribution is 2.42. The lowest BCUT2D eigenvalue weighted by Crippen LogP contribution is -2.09. The molecule has 1 aliphatic rings. The highest BCUT2D eigenvalue weighted by molar-refractivity contribution is 5.75. The fourth-order valence-electron chi connectivity index (χ4n) is 1.79. The Balaban J connectivity index is 2.37. The van der Waals surface area contributed by atoms with E-state index in [0.29, 0.717) is 5.92 Å². The van der Waals surface area contributed by atoms with Gasteiger partial charge in [0.15, 0.2) is 0 Å². The Morgan fingerprint density at radius 2 is 2.36 bits per heavy atom. The fraction of sp³-hybridized carbons (Fsp3) is 0.600. The first kappa shape index (κ1) is 9.24.